The lowest BCUT2D eigenvalue weighted by atomic mass is 10.0. The maximum atomic E-state index is 12.6. The molecule has 1 aliphatic heterocycles. The van der Waals surface area contributed by atoms with Gasteiger partial charge in [0.25, 0.3) is 0 Å². The standard InChI is InChI=1S/C15H20N2O3/c1-12-6-5-9-16(10-12)15(20)17(11-14(18)19)13-7-3-2-4-8-13/h2-4,7-8,12H,5-6,9-11H2,1H3,(H,18,19). The highest BCUT2D eigenvalue weighted by atomic mass is 16.4. The minimum Gasteiger partial charge on any atom is -0.480 e. The smallest absolute Gasteiger partial charge is 0.325 e. The van der Waals surface area contributed by atoms with Crippen LogP contribution in [0.15, 0.2) is 30.3 Å². The van der Waals surface area contributed by atoms with Crippen LogP contribution in [0.1, 0.15) is 19.8 Å². The molecule has 0 aliphatic carbocycles. The van der Waals surface area contributed by atoms with Crippen LogP contribution in [-0.4, -0.2) is 41.6 Å². The molecule has 2 rings (SSSR count). The Balaban J connectivity index is 2.18. The van der Waals surface area contributed by atoms with Gasteiger partial charge in [-0.25, -0.2) is 4.79 Å². The van der Waals surface area contributed by atoms with Crippen LogP contribution in [0.25, 0.3) is 0 Å². The third-order valence-corrected chi connectivity index (χ3v) is 3.52. The fourth-order valence-electron chi connectivity index (χ4n) is 2.55. The van der Waals surface area contributed by atoms with E-state index >= 15 is 0 Å². The van der Waals surface area contributed by atoms with Gasteiger partial charge in [-0.15, -0.1) is 0 Å². The topological polar surface area (TPSA) is 60.9 Å². The first kappa shape index (κ1) is 14.4. The van der Waals surface area contributed by atoms with E-state index < -0.39 is 5.97 Å². The lowest BCUT2D eigenvalue weighted by molar-refractivity contribution is -0.135. The van der Waals surface area contributed by atoms with Gasteiger partial charge < -0.3 is 10.0 Å². The summed E-state index contributed by atoms with van der Waals surface area (Å²) in [6, 6.07) is 8.75. The molecule has 1 atom stereocenters. The minimum absolute atomic E-state index is 0.217. The molecule has 1 aliphatic rings. The van der Waals surface area contributed by atoms with Crippen molar-refractivity contribution >= 4 is 17.7 Å². The van der Waals surface area contributed by atoms with Crippen molar-refractivity contribution in [3.63, 3.8) is 0 Å². The Labute approximate surface area is 118 Å². The quantitative estimate of drug-likeness (QED) is 0.922. The monoisotopic (exact) mass is 276 g/mol. The fourth-order valence-corrected chi connectivity index (χ4v) is 2.55. The van der Waals surface area contributed by atoms with Gasteiger partial charge in [0, 0.05) is 18.8 Å². The molecule has 1 saturated heterocycles. The summed E-state index contributed by atoms with van der Waals surface area (Å²) in [7, 11) is 0. The van der Waals surface area contributed by atoms with Gasteiger partial charge in [0.05, 0.1) is 0 Å². The molecule has 5 nitrogen and oxygen atoms in total. The number of likely N-dealkylation sites (tertiary alicyclic amines) is 1. The van der Waals surface area contributed by atoms with Crippen LogP contribution >= 0.6 is 0 Å². The molecule has 0 saturated carbocycles. The lowest BCUT2D eigenvalue weighted by Crippen LogP contribution is -2.49. The summed E-state index contributed by atoms with van der Waals surface area (Å²) in [5.74, 6) is -0.539. The molecule has 2 amide bonds. The number of aliphatic carboxylic acids is 1. The molecule has 0 aromatic heterocycles. The molecule has 1 fully saturated rings. The zero-order valence-corrected chi connectivity index (χ0v) is 11.7. The molecule has 1 heterocycles. The number of nitrogens with zero attached hydrogens (tertiary/aromatic N) is 2. The van der Waals surface area contributed by atoms with Gasteiger partial charge >= 0.3 is 12.0 Å². The number of urea groups is 1. The van der Waals surface area contributed by atoms with Crippen LogP contribution < -0.4 is 4.90 Å². The van der Waals surface area contributed by atoms with Gasteiger partial charge in [-0.1, -0.05) is 25.1 Å². The van der Waals surface area contributed by atoms with E-state index in [9.17, 15) is 9.59 Å². The van der Waals surface area contributed by atoms with Gasteiger partial charge in [-0.3, -0.25) is 9.69 Å². The van der Waals surface area contributed by atoms with Crippen LogP contribution in [0.2, 0.25) is 0 Å². The molecule has 1 aromatic rings. The summed E-state index contributed by atoms with van der Waals surface area (Å²) in [5, 5.41) is 9.03. The van der Waals surface area contributed by atoms with E-state index in [1.807, 2.05) is 6.07 Å². The van der Waals surface area contributed by atoms with Gasteiger partial charge in [-0.2, -0.15) is 0 Å². The second-order valence-electron chi connectivity index (χ2n) is 5.29. The molecule has 1 unspecified atom stereocenters. The zero-order valence-electron chi connectivity index (χ0n) is 11.7. The van der Waals surface area contributed by atoms with Crippen molar-refractivity contribution in [1.82, 2.24) is 4.90 Å². The molecule has 0 radical (unpaired) electrons. The van der Waals surface area contributed by atoms with Crippen molar-refractivity contribution in [3.05, 3.63) is 30.3 Å². The number of anilines is 1. The number of para-hydroxylation sites is 1. The first-order chi connectivity index (χ1) is 9.58. The number of hydrogen-bond donors (Lipinski definition) is 1. The summed E-state index contributed by atoms with van der Waals surface area (Å²) in [6.45, 7) is 3.20. The predicted octanol–water partition coefficient (Wildman–Crippen LogP) is 2.43. The molecular formula is C15H20N2O3. The Morgan fingerprint density at radius 3 is 2.65 bits per heavy atom. The molecule has 5 heteroatoms. The number of carbonyl (C=O) groups is 2. The summed E-state index contributed by atoms with van der Waals surface area (Å²) < 4.78 is 0. The zero-order chi connectivity index (χ0) is 14.5. The minimum atomic E-state index is -1.01. The van der Waals surface area contributed by atoms with E-state index in [-0.39, 0.29) is 12.6 Å². The van der Waals surface area contributed by atoms with E-state index in [0.717, 1.165) is 12.8 Å². The van der Waals surface area contributed by atoms with Gasteiger partial charge in [0.1, 0.15) is 6.54 Å². The molecule has 0 bridgehead atoms. The molecule has 1 N–H and O–H groups in total. The first-order valence-corrected chi connectivity index (χ1v) is 6.91. The Hall–Kier alpha value is -2.04. The fraction of sp³-hybridized carbons (Fsp3) is 0.467. The average molecular weight is 276 g/mol. The van der Waals surface area contributed by atoms with Crippen molar-refractivity contribution in [1.29, 1.82) is 0 Å². The molecule has 108 valence electrons. The van der Waals surface area contributed by atoms with Gasteiger partial charge in [0.15, 0.2) is 0 Å². The summed E-state index contributed by atoms with van der Waals surface area (Å²) in [5.41, 5.74) is 0.623. The number of benzene rings is 1. The first-order valence-electron chi connectivity index (χ1n) is 6.91. The van der Waals surface area contributed by atoms with E-state index in [0.29, 0.717) is 24.7 Å². The van der Waals surface area contributed by atoms with Crippen LogP contribution in [0.4, 0.5) is 10.5 Å². The highest BCUT2D eigenvalue weighted by molar-refractivity contribution is 5.96. The van der Waals surface area contributed by atoms with Crippen LogP contribution in [-0.2, 0) is 4.79 Å². The van der Waals surface area contributed by atoms with Crippen molar-refractivity contribution < 1.29 is 14.7 Å². The van der Waals surface area contributed by atoms with Crippen molar-refractivity contribution in [3.8, 4) is 0 Å². The normalized spacial score (nSPS) is 18.6. The van der Waals surface area contributed by atoms with E-state index in [2.05, 4.69) is 6.92 Å². The number of carboxylic acids is 1. The average Bonchev–Trinajstić information content (AvgIpc) is 2.45. The highest BCUT2D eigenvalue weighted by Gasteiger charge is 2.27. The lowest BCUT2D eigenvalue weighted by Gasteiger charge is -2.34. The number of piperidine rings is 1. The number of carbonyl (C=O) groups excluding carboxylic acids is 1. The third-order valence-electron chi connectivity index (χ3n) is 3.52. The third kappa shape index (κ3) is 3.50. The number of carboxylic acid groups (broad SMARTS) is 1. The summed E-state index contributed by atoms with van der Waals surface area (Å²) in [6.07, 6.45) is 2.09. The van der Waals surface area contributed by atoms with E-state index in [4.69, 9.17) is 5.11 Å². The van der Waals surface area contributed by atoms with Crippen molar-refractivity contribution in [2.75, 3.05) is 24.5 Å². The Kier molecular flexibility index (Phi) is 4.61. The summed E-state index contributed by atoms with van der Waals surface area (Å²) in [4.78, 5) is 26.7. The SMILES string of the molecule is CC1CCCN(C(=O)N(CC(=O)O)c2ccccc2)C1. The Morgan fingerprint density at radius 2 is 2.05 bits per heavy atom. The maximum Gasteiger partial charge on any atom is 0.325 e. The number of amides is 2. The Bertz CT molecular complexity index is 475. The van der Waals surface area contributed by atoms with E-state index in [1.165, 1.54) is 4.90 Å². The van der Waals surface area contributed by atoms with Gasteiger partial charge in [0.2, 0.25) is 0 Å². The van der Waals surface area contributed by atoms with Crippen LogP contribution in [0.3, 0.4) is 0 Å². The molecule has 20 heavy (non-hydrogen) atoms. The van der Waals surface area contributed by atoms with Crippen molar-refractivity contribution in [2.45, 2.75) is 19.8 Å². The molecule has 1 aromatic carbocycles. The largest absolute Gasteiger partial charge is 0.480 e. The second kappa shape index (κ2) is 6.41. The second-order valence-corrected chi connectivity index (χ2v) is 5.29. The van der Waals surface area contributed by atoms with Crippen molar-refractivity contribution in [2.24, 2.45) is 5.92 Å². The number of hydrogen-bond acceptors (Lipinski definition) is 2. The Morgan fingerprint density at radius 1 is 1.35 bits per heavy atom. The molecular weight excluding hydrogens is 256 g/mol. The number of rotatable bonds is 3. The summed E-state index contributed by atoms with van der Waals surface area (Å²) >= 11 is 0. The maximum absolute atomic E-state index is 12.6. The van der Waals surface area contributed by atoms with Crippen LogP contribution in [0, 0.1) is 5.92 Å². The van der Waals surface area contributed by atoms with E-state index in [1.54, 1.807) is 29.2 Å². The predicted molar refractivity (Wildman–Crippen MR) is 76.8 cm³/mol. The van der Waals surface area contributed by atoms with Gasteiger partial charge in [-0.05, 0) is 30.9 Å². The highest BCUT2D eigenvalue weighted by Crippen LogP contribution is 2.20. The molecule has 0 spiro atoms. The van der Waals surface area contributed by atoms with Crippen LogP contribution in [0.5, 0.6) is 0 Å².